The van der Waals surface area contributed by atoms with E-state index in [1.54, 1.807) is 11.3 Å². The molecule has 1 heterocycles. The predicted octanol–water partition coefficient (Wildman–Crippen LogP) is 3.47. The Morgan fingerprint density at radius 2 is 2.00 bits per heavy atom. The van der Waals surface area contributed by atoms with Gasteiger partial charge in [0.05, 0.1) is 22.3 Å². The predicted molar refractivity (Wildman–Crippen MR) is 98.5 cm³/mol. The number of para-hydroxylation sites is 1. The molecule has 2 aromatic rings. The second-order valence-electron chi connectivity index (χ2n) is 6.84. The summed E-state index contributed by atoms with van der Waals surface area (Å²) >= 11 is 1.72. The molecule has 0 bridgehead atoms. The van der Waals surface area contributed by atoms with E-state index in [0.717, 1.165) is 42.6 Å². The van der Waals surface area contributed by atoms with Gasteiger partial charge in [-0.1, -0.05) is 31.4 Å². The number of benzene rings is 1. The van der Waals surface area contributed by atoms with Crippen molar-refractivity contribution in [2.75, 3.05) is 13.7 Å². The van der Waals surface area contributed by atoms with Gasteiger partial charge in [-0.05, 0) is 30.4 Å². The van der Waals surface area contributed by atoms with Crippen molar-refractivity contribution in [3.63, 3.8) is 0 Å². The van der Waals surface area contributed by atoms with Gasteiger partial charge in [-0.3, -0.25) is 9.59 Å². The summed E-state index contributed by atoms with van der Waals surface area (Å²) in [6.07, 6.45) is 6.87. The summed E-state index contributed by atoms with van der Waals surface area (Å²) in [6.45, 7) is -0.0629. The van der Waals surface area contributed by atoms with Gasteiger partial charge in [-0.2, -0.15) is 0 Å². The molecule has 3 rings (SSSR count). The molecule has 1 N–H and O–H groups in total. The average Bonchev–Trinajstić information content (AvgIpc) is 3.02. The minimum absolute atomic E-state index is 0.0493. The molecule has 0 radical (unpaired) electrons. The molecule has 134 valence electrons. The molecule has 25 heavy (non-hydrogen) atoms. The normalized spacial score (nSPS) is 16.5. The molecule has 0 unspecified atom stereocenters. The van der Waals surface area contributed by atoms with Crippen molar-refractivity contribution in [2.24, 2.45) is 5.41 Å². The van der Waals surface area contributed by atoms with Crippen molar-refractivity contribution >= 4 is 33.4 Å². The molecule has 5 nitrogen and oxygen atoms in total. The largest absolute Gasteiger partial charge is 0.468 e. The number of aromatic nitrogens is 1. The molecule has 0 spiro atoms. The molecule has 0 atom stereocenters. The Kier molecular flexibility index (Phi) is 5.68. The van der Waals surface area contributed by atoms with Crippen molar-refractivity contribution in [2.45, 2.75) is 44.9 Å². The third-order valence-electron chi connectivity index (χ3n) is 4.97. The van der Waals surface area contributed by atoms with Crippen LogP contribution in [-0.2, 0) is 20.7 Å². The van der Waals surface area contributed by atoms with E-state index in [4.69, 9.17) is 4.98 Å². The van der Waals surface area contributed by atoms with Gasteiger partial charge in [0.25, 0.3) is 0 Å². The van der Waals surface area contributed by atoms with E-state index in [1.165, 1.54) is 18.2 Å². The number of esters is 1. The molecule has 1 aromatic carbocycles. The molecule has 1 fully saturated rings. The number of ether oxygens (including phenoxy) is 1. The quantitative estimate of drug-likeness (QED) is 0.801. The Morgan fingerprint density at radius 3 is 2.72 bits per heavy atom. The molecule has 0 aliphatic heterocycles. The van der Waals surface area contributed by atoms with Crippen LogP contribution in [0, 0.1) is 5.41 Å². The van der Waals surface area contributed by atoms with Crippen LogP contribution in [0.25, 0.3) is 10.2 Å². The van der Waals surface area contributed by atoms with E-state index in [1.807, 2.05) is 18.2 Å². The van der Waals surface area contributed by atoms with Crippen molar-refractivity contribution in [3.05, 3.63) is 29.3 Å². The van der Waals surface area contributed by atoms with Crippen LogP contribution in [0.2, 0.25) is 0 Å². The van der Waals surface area contributed by atoms with Crippen molar-refractivity contribution in [3.8, 4) is 0 Å². The number of carbonyl (C=O) groups is 2. The second kappa shape index (κ2) is 7.95. The Hall–Kier alpha value is -1.95. The highest BCUT2D eigenvalue weighted by molar-refractivity contribution is 7.18. The van der Waals surface area contributed by atoms with Crippen LogP contribution in [0.1, 0.15) is 43.5 Å². The summed E-state index contributed by atoms with van der Waals surface area (Å²) in [5, 5.41) is 3.79. The Morgan fingerprint density at radius 1 is 1.24 bits per heavy atom. The lowest BCUT2D eigenvalue weighted by atomic mass is 9.69. The highest BCUT2D eigenvalue weighted by Gasteiger charge is 2.35. The maximum absolute atomic E-state index is 12.4. The molecule has 6 heteroatoms. The van der Waals surface area contributed by atoms with E-state index in [9.17, 15) is 9.59 Å². The lowest BCUT2D eigenvalue weighted by molar-refractivity contribution is -0.141. The Balaban J connectivity index is 1.71. The number of methoxy groups -OCH3 is 1. The zero-order valence-electron chi connectivity index (χ0n) is 14.5. The summed E-state index contributed by atoms with van der Waals surface area (Å²) in [6, 6.07) is 8.16. The van der Waals surface area contributed by atoms with Gasteiger partial charge < -0.3 is 10.1 Å². The van der Waals surface area contributed by atoms with Gasteiger partial charge in [0, 0.05) is 12.8 Å². The summed E-state index contributed by atoms with van der Waals surface area (Å²) < 4.78 is 5.78. The molecule has 1 aliphatic rings. The van der Waals surface area contributed by atoms with Gasteiger partial charge in [-0.25, -0.2) is 4.98 Å². The first kappa shape index (κ1) is 17.9. The van der Waals surface area contributed by atoms with Crippen LogP contribution in [-0.4, -0.2) is 30.5 Å². The third-order valence-corrected chi connectivity index (χ3v) is 6.01. The standard InChI is InChI=1S/C19H24N2O3S/c1-24-18(23)13-20-16(22)11-19(9-5-2-6-10-19)12-17-21-14-7-3-4-8-15(14)25-17/h3-4,7-8H,2,5-6,9-13H2,1H3,(H,20,22). The summed E-state index contributed by atoms with van der Waals surface area (Å²) in [4.78, 5) is 28.4. The maximum atomic E-state index is 12.4. The monoisotopic (exact) mass is 360 g/mol. The van der Waals surface area contributed by atoms with Gasteiger partial charge in [0.1, 0.15) is 6.54 Å². The second-order valence-corrected chi connectivity index (χ2v) is 7.96. The fraction of sp³-hybridized carbons (Fsp3) is 0.526. The van der Waals surface area contributed by atoms with Gasteiger partial charge in [-0.15, -0.1) is 11.3 Å². The molecule has 1 aromatic heterocycles. The van der Waals surface area contributed by atoms with E-state index in [0.29, 0.717) is 6.42 Å². The van der Waals surface area contributed by atoms with Crippen LogP contribution in [0.15, 0.2) is 24.3 Å². The van der Waals surface area contributed by atoms with E-state index in [2.05, 4.69) is 16.1 Å². The molecule has 1 aliphatic carbocycles. The number of nitrogens with zero attached hydrogens (tertiary/aromatic N) is 1. The number of nitrogens with one attached hydrogen (secondary N) is 1. The zero-order chi connectivity index (χ0) is 17.7. The molecule has 0 saturated heterocycles. The first-order valence-corrected chi connectivity index (χ1v) is 9.60. The van der Waals surface area contributed by atoms with Crippen LogP contribution >= 0.6 is 11.3 Å². The fourth-order valence-electron chi connectivity index (χ4n) is 3.68. The van der Waals surface area contributed by atoms with E-state index in [-0.39, 0.29) is 17.9 Å². The van der Waals surface area contributed by atoms with Crippen LogP contribution < -0.4 is 5.32 Å². The first-order chi connectivity index (χ1) is 12.1. The topological polar surface area (TPSA) is 68.3 Å². The Labute approximate surface area is 151 Å². The smallest absolute Gasteiger partial charge is 0.325 e. The molecular weight excluding hydrogens is 336 g/mol. The van der Waals surface area contributed by atoms with Crippen molar-refractivity contribution < 1.29 is 14.3 Å². The highest BCUT2D eigenvalue weighted by Crippen LogP contribution is 2.43. The highest BCUT2D eigenvalue weighted by atomic mass is 32.1. The van der Waals surface area contributed by atoms with E-state index >= 15 is 0 Å². The van der Waals surface area contributed by atoms with E-state index < -0.39 is 5.97 Å². The van der Waals surface area contributed by atoms with Gasteiger partial charge >= 0.3 is 5.97 Å². The third kappa shape index (κ3) is 4.57. The van der Waals surface area contributed by atoms with Crippen LogP contribution in [0.4, 0.5) is 0 Å². The summed E-state index contributed by atoms with van der Waals surface area (Å²) in [5.41, 5.74) is 0.982. The lowest BCUT2D eigenvalue weighted by Gasteiger charge is -2.36. The zero-order valence-corrected chi connectivity index (χ0v) is 15.4. The Bertz CT molecular complexity index is 717. The SMILES string of the molecule is COC(=O)CNC(=O)CC1(Cc2nc3ccccc3s2)CCCCC1. The number of hydrogen-bond donors (Lipinski definition) is 1. The molecule has 1 saturated carbocycles. The number of rotatable bonds is 6. The lowest BCUT2D eigenvalue weighted by Crippen LogP contribution is -2.37. The fourth-order valence-corrected chi connectivity index (χ4v) is 4.82. The van der Waals surface area contributed by atoms with Crippen molar-refractivity contribution in [1.82, 2.24) is 10.3 Å². The number of carbonyl (C=O) groups excluding carboxylic acids is 2. The van der Waals surface area contributed by atoms with Gasteiger partial charge in [0.15, 0.2) is 0 Å². The average molecular weight is 360 g/mol. The number of amides is 1. The number of hydrogen-bond acceptors (Lipinski definition) is 5. The number of fused-ring (bicyclic) bond motifs is 1. The van der Waals surface area contributed by atoms with Gasteiger partial charge in [0.2, 0.25) is 5.91 Å². The van der Waals surface area contributed by atoms with Crippen molar-refractivity contribution in [1.29, 1.82) is 0 Å². The maximum Gasteiger partial charge on any atom is 0.325 e. The summed E-state index contributed by atoms with van der Waals surface area (Å²) in [5.74, 6) is -0.495. The summed E-state index contributed by atoms with van der Waals surface area (Å²) in [7, 11) is 1.32. The minimum Gasteiger partial charge on any atom is -0.468 e. The van der Waals surface area contributed by atoms with Crippen LogP contribution in [0.5, 0.6) is 0 Å². The first-order valence-electron chi connectivity index (χ1n) is 8.78. The number of thiazole rings is 1. The molecular formula is C19H24N2O3S. The molecule has 1 amide bonds. The van der Waals surface area contributed by atoms with Crippen LogP contribution in [0.3, 0.4) is 0 Å². The minimum atomic E-state index is -0.419.